The lowest BCUT2D eigenvalue weighted by molar-refractivity contribution is 0.0949. The number of ether oxygens (including phenoxy) is 1. The minimum absolute atomic E-state index is 0.747. The normalized spacial score (nSPS) is 29.1. The molecule has 0 aliphatic carbocycles. The first kappa shape index (κ1) is 13.3. The second-order valence-electron chi connectivity index (χ2n) is 5.70. The molecule has 3 heteroatoms. The van der Waals surface area contributed by atoms with Crippen LogP contribution in [0.1, 0.15) is 38.5 Å². The van der Waals surface area contributed by atoms with Gasteiger partial charge in [0.1, 0.15) is 0 Å². The molecule has 2 heterocycles. The predicted octanol–water partition coefficient (Wildman–Crippen LogP) is 1.88. The standard InChI is InChI=1S/C14H28N2O/c1-17-12-13-6-9-16(10-7-13)11-14-5-3-2-4-8-15-14/h13-15H,2-12H2,1H3. The molecule has 17 heavy (non-hydrogen) atoms. The van der Waals surface area contributed by atoms with Crippen LogP contribution in [-0.2, 0) is 4.74 Å². The lowest BCUT2D eigenvalue weighted by Gasteiger charge is -2.34. The van der Waals surface area contributed by atoms with Crippen LogP contribution < -0.4 is 5.32 Å². The maximum atomic E-state index is 5.25. The van der Waals surface area contributed by atoms with Gasteiger partial charge < -0.3 is 15.0 Å². The molecule has 2 rings (SSSR count). The Labute approximate surface area is 106 Å². The minimum atomic E-state index is 0.747. The third-order valence-electron chi connectivity index (χ3n) is 4.25. The summed E-state index contributed by atoms with van der Waals surface area (Å²) in [4.78, 5) is 2.65. The van der Waals surface area contributed by atoms with Gasteiger partial charge in [0.05, 0.1) is 0 Å². The number of nitrogens with one attached hydrogen (secondary N) is 1. The highest BCUT2D eigenvalue weighted by Gasteiger charge is 2.21. The molecule has 1 unspecified atom stereocenters. The van der Waals surface area contributed by atoms with Crippen LogP contribution in [-0.4, -0.2) is 50.8 Å². The molecular formula is C14H28N2O. The van der Waals surface area contributed by atoms with Crippen LogP contribution in [0.25, 0.3) is 0 Å². The van der Waals surface area contributed by atoms with Crippen molar-refractivity contribution in [2.45, 2.75) is 44.6 Å². The van der Waals surface area contributed by atoms with Crippen molar-refractivity contribution in [3.05, 3.63) is 0 Å². The quantitative estimate of drug-likeness (QED) is 0.812. The average molecular weight is 240 g/mol. The monoisotopic (exact) mass is 240 g/mol. The van der Waals surface area contributed by atoms with Crippen LogP contribution in [0.3, 0.4) is 0 Å². The van der Waals surface area contributed by atoms with Gasteiger partial charge in [-0.1, -0.05) is 12.8 Å². The Morgan fingerprint density at radius 3 is 2.71 bits per heavy atom. The van der Waals surface area contributed by atoms with Gasteiger partial charge in [0, 0.05) is 26.3 Å². The second-order valence-corrected chi connectivity index (χ2v) is 5.70. The molecule has 2 aliphatic heterocycles. The number of piperidine rings is 1. The Morgan fingerprint density at radius 1 is 1.12 bits per heavy atom. The molecule has 0 spiro atoms. The van der Waals surface area contributed by atoms with Crippen molar-refractivity contribution in [2.24, 2.45) is 5.92 Å². The summed E-state index contributed by atoms with van der Waals surface area (Å²) in [5, 5.41) is 3.70. The van der Waals surface area contributed by atoms with Crippen LogP contribution in [0.5, 0.6) is 0 Å². The number of nitrogens with zero attached hydrogens (tertiary/aromatic N) is 1. The summed E-state index contributed by atoms with van der Waals surface area (Å²) >= 11 is 0. The van der Waals surface area contributed by atoms with E-state index >= 15 is 0 Å². The van der Waals surface area contributed by atoms with Crippen molar-refractivity contribution in [1.29, 1.82) is 0 Å². The van der Waals surface area contributed by atoms with Crippen molar-refractivity contribution in [3.8, 4) is 0 Å². The fourth-order valence-corrected chi connectivity index (χ4v) is 3.14. The molecule has 2 fully saturated rings. The number of methoxy groups -OCH3 is 1. The summed E-state index contributed by atoms with van der Waals surface area (Å²) in [6, 6.07) is 0.747. The highest BCUT2D eigenvalue weighted by molar-refractivity contribution is 4.78. The molecule has 1 atom stereocenters. The number of rotatable bonds is 4. The average Bonchev–Trinajstić information content (AvgIpc) is 2.61. The number of likely N-dealkylation sites (tertiary alicyclic amines) is 1. The fraction of sp³-hybridized carbons (Fsp3) is 1.00. The largest absolute Gasteiger partial charge is 0.384 e. The molecule has 3 nitrogen and oxygen atoms in total. The smallest absolute Gasteiger partial charge is 0.0491 e. The fourth-order valence-electron chi connectivity index (χ4n) is 3.14. The van der Waals surface area contributed by atoms with Gasteiger partial charge in [0.25, 0.3) is 0 Å². The third-order valence-corrected chi connectivity index (χ3v) is 4.25. The molecule has 1 N–H and O–H groups in total. The maximum absolute atomic E-state index is 5.25. The first-order chi connectivity index (χ1) is 8.38. The van der Waals surface area contributed by atoms with Crippen molar-refractivity contribution in [2.75, 3.05) is 39.9 Å². The Bertz CT molecular complexity index is 194. The van der Waals surface area contributed by atoms with E-state index in [0.717, 1.165) is 18.6 Å². The zero-order valence-corrected chi connectivity index (χ0v) is 11.3. The van der Waals surface area contributed by atoms with E-state index in [9.17, 15) is 0 Å². The summed E-state index contributed by atoms with van der Waals surface area (Å²) in [6.45, 7) is 5.98. The molecular weight excluding hydrogens is 212 g/mol. The molecule has 0 bridgehead atoms. The van der Waals surface area contributed by atoms with E-state index in [1.807, 2.05) is 7.11 Å². The van der Waals surface area contributed by atoms with Gasteiger partial charge in [-0.05, 0) is 51.2 Å². The van der Waals surface area contributed by atoms with E-state index in [0.29, 0.717) is 0 Å². The van der Waals surface area contributed by atoms with Gasteiger partial charge in [0.2, 0.25) is 0 Å². The summed E-state index contributed by atoms with van der Waals surface area (Å²) in [5.41, 5.74) is 0. The molecule has 0 aromatic heterocycles. The highest BCUT2D eigenvalue weighted by Crippen LogP contribution is 2.18. The van der Waals surface area contributed by atoms with Gasteiger partial charge in [0.15, 0.2) is 0 Å². The number of hydrogen-bond donors (Lipinski definition) is 1. The van der Waals surface area contributed by atoms with Crippen molar-refractivity contribution >= 4 is 0 Å². The Kier molecular flexibility index (Phi) is 5.75. The van der Waals surface area contributed by atoms with E-state index in [-0.39, 0.29) is 0 Å². The summed E-state index contributed by atoms with van der Waals surface area (Å²) < 4.78 is 5.25. The van der Waals surface area contributed by atoms with Crippen LogP contribution >= 0.6 is 0 Å². The summed E-state index contributed by atoms with van der Waals surface area (Å²) in [7, 11) is 1.82. The predicted molar refractivity (Wildman–Crippen MR) is 71.3 cm³/mol. The number of hydrogen-bond acceptors (Lipinski definition) is 3. The van der Waals surface area contributed by atoms with E-state index in [1.54, 1.807) is 0 Å². The highest BCUT2D eigenvalue weighted by atomic mass is 16.5. The van der Waals surface area contributed by atoms with E-state index in [4.69, 9.17) is 4.74 Å². The van der Waals surface area contributed by atoms with Gasteiger partial charge in [-0.25, -0.2) is 0 Å². The molecule has 2 saturated heterocycles. The SMILES string of the molecule is COCC1CCN(CC2CCCCCN2)CC1. The van der Waals surface area contributed by atoms with Crippen LogP contribution in [0.15, 0.2) is 0 Å². The maximum Gasteiger partial charge on any atom is 0.0491 e. The van der Waals surface area contributed by atoms with E-state index < -0.39 is 0 Å². The Hall–Kier alpha value is -0.120. The molecule has 0 radical (unpaired) electrons. The van der Waals surface area contributed by atoms with Crippen LogP contribution in [0.4, 0.5) is 0 Å². The first-order valence-electron chi connectivity index (χ1n) is 7.33. The zero-order valence-electron chi connectivity index (χ0n) is 11.3. The third kappa shape index (κ3) is 4.57. The molecule has 2 aliphatic rings. The van der Waals surface area contributed by atoms with Gasteiger partial charge in [-0.15, -0.1) is 0 Å². The van der Waals surface area contributed by atoms with E-state index in [1.165, 1.54) is 64.7 Å². The van der Waals surface area contributed by atoms with Gasteiger partial charge >= 0.3 is 0 Å². The van der Waals surface area contributed by atoms with Crippen molar-refractivity contribution < 1.29 is 4.74 Å². The summed E-state index contributed by atoms with van der Waals surface area (Å²) in [5.74, 6) is 0.804. The Morgan fingerprint density at radius 2 is 1.94 bits per heavy atom. The lowest BCUT2D eigenvalue weighted by Crippen LogP contribution is -2.44. The summed E-state index contributed by atoms with van der Waals surface area (Å²) in [6.07, 6.45) is 8.21. The lowest BCUT2D eigenvalue weighted by atomic mass is 9.97. The minimum Gasteiger partial charge on any atom is -0.384 e. The second kappa shape index (κ2) is 7.34. The van der Waals surface area contributed by atoms with Gasteiger partial charge in [-0.2, -0.15) is 0 Å². The van der Waals surface area contributed by atoms with Crippen LogP contribution in [0.2, 0.25) is 0 Å². The molecule has 0 aromatic rings. The molecule has 0 aromatic carbocycles. The molecule has 0 saturated carbocycles. The molecule has 0 amide bonds. The Balaban J connectivity index is 1.66. The van der Waals surface area contributed by atoms with E-state index in [2.05, 4.69) is 10.2 Å². The van der Waals surface area contributed by atoms with Gasteiger partial charge in [-0.3, -0.25) is 0 Å². The first-order valence-corrected chi connectivity index (χ1v) is 7.33. The molecule has 100 valence electrons. The van der Waals surface area contributed by atoms with Crippen molar-refractivity contribution in [3.63, 3.8) is 0 Å². The van der Waals surface area contributed by atoms with Crippen LogP contribution in [0, 0.1) is 5.92 Å². The topological polar surface area (TPSA) is 24.5 Å². The zero-order chi connectivity index (χ0) is 11.9. The van der Waals surface area contributed by atoms with Crippen molar-refractivity contribution in [1.82, 2.24) is 10.2 Å².